The van der Waals surface area contributed by atoms with Crippen LogP contribution in [-0.4, -0.2) is 18.6 Å². The zero-order valence-electron chi connectivity index (χ0n) is 10.8. The minimum absolute atomic E-state index is 0.0892. The second-order valence-corrected chi connectivity index (χ2v) is 4.26. The van der Waals surface area contributed by atoms with E-state index < -0.39 is 0 Å². The Labute approximate surface area is 103 Å². The number of rotatable bonds is 6. The second kappa shape index (κ2) is 6.94. The van der Waals surface area contributed by atoms with Crippen LogP contribution in [0.15, 0.2) is 24.3 Å². The molecule has 0 aromatic heterocycles. The summed E-state index contributed by atoms with van der Waals surface area (Å²) < 4.78 is 5.52. The van der Waals surface area contributed by atoms with Gasteiger partial charge in [0, 0.05) is 12.5 Å². The molecule has 1 amide bonds. The van der Waals surface area contributed by atoms with Gasteiger partial charge in [0.15, 0.2) is 0 Å². The molecule has 0 heterocycles. The zero-order chi connectivity index (χ0) is 12.7. The Morgan fingerprint density at radius 2 is 2.06 bits per heavy atom. The maximum absolute atomic E-state index is 11.5. The van der Waals surface area contributed by atoms with Crippen molar-refractivity contribution in [3.05, 3.63) is 29.8 Å². The molecule has 0 radical (unpaired) electrons. The van der Waals surface area contributed by atoms with Crippen molar-refractivity contribution in [3.8, 4) is 5.75 Å². The summed E-state index contributed by atoms with van der Waals surface area (Å²) in [6, 6.07) is 8.07. The minimum Gasteiger partial charge on any atom is -0.494 e. The molecule has 0 fully saturated rings. The molecule has 0 bridgehead atoms. The summed E-state index contributed by atoms with van der Waals surface area (Å²) in [5.41, 5.74) is 1.09. The topological polar surface area (TPSA) is 38.3 Å². The molecule has 0 aliphatic rings. The summed E-state index contributed by atoms with van der Waals surface area (Å²) in [5.74, 6) is 0.971. The average Bonchev–Trinajstić information content (AvgIpc) is 2.27. The third kappa shape index (κ3) is 4.89. The van der Waals surface area contributed by atoms with Gasteiger partial charge in [0.25, 0.3) is 0 Å². The molecule has 0 saturated carbocycles. The summed E-state index contributed by atoms with van der Waals surface area (Å²) in [4.78, 5) is 11.5. The molecule has 1 N–H and O–H groups in total. The Balaban J connectivity index is 2.53. The predicted molar refractivity (Wildman–Crippen MR) is 69.2 cm³/mol. The van der Waals surface area contributed by atoms with E-state index >= 15 is 0 Å². The van der Waals surface area contributed by atoms with Crippen LogP contribution in [0.1, 0.15) is 32.8 Å². The normalized spacial score (nSPS) is 10.4. The first-order valence-corrected chi connectivity index (χ1v) is 6.13. The van der Waals surface area contributed by atoms with Crippen LogP contribution in [-0.2, 0) is 11.2 Å². The molecule has 0 unspecified atom stereocenters. The molecule has 1 aromatic carbocycles. The predicted octanol–water partition coefficient (Wildman–Crippen LogP) is 2.54. The van der Waals surface area contributed by atoms with Crippen molar-refractivity contribution in [3.63, 3.8) is 0 Å². The van der Waals surface area contributed by atoms with Gasteiger partial charge in [-0.25, -0.2) is 0 Å². The molecule has 1 aromatic rings. The largest absolute Gasteiger partial charge is 0.494 e. The average molecular weight is 235 g/mol. The van der Waals surface area contributed by atoms with Crippen molar-refractivity contribution in [1.29, 1.82) is 0 Å². The summed E-state index contributed by atoms with van der Waals surface area (Å²) in [6.07, 6.45) is 1.22. The number of hydrogen-bond acceptors (Lipinski definition) is 2. The first kappa shape index (κ1) is 13.6. The van der Waals surface area contributed by atoms with Crippen LogP contribution in [0.3, 0.4) is 0 Å². The fraction of sp³-hybridized carbons (Fsp3) is 0.500. The standard InChI is InChI=1S/C14H21NO2/c1-4-17-13-8-6-5-7-12(13)9-10-14(16)15-11(2)3/h5-8,11H,4,9-10H2,1-3H3,(H,15,16). The van der Waals surface area contributed by atoms with Gasteiger partial charge in [0.2, 0.25) is 5.91 Å². The van der Waals surface area contributed by atoms with E-state index in [-0.39, 0.29) is 11.9 Å². The first-order chi connectivity index (χ1) is 8.13. The molecule has 1 rings (SSSR count). The highest BCUT2D eigenvalue weighted by atomic mass is 16.5. The van der Waals surface area contributed by atoms with Crippen molar-refractivity contribution < 1.29 is 9.53 Å². The van der Waals surface area contributed by atoms with E-state index in [2.05, 4.69) is 5.32 Å². The Hall–Kier alpha value is -1.51. The fourth-order valence-electron chi connectivity index (χ4n) is 1.65. The third-order valence-electron chi connectivity index (χ3n) is 2.34. The Bertz CT molecular complexity index is 361. The summed E-state index contributed by atoms with van der Waals surface area (Å²) >= 11 is 0. The number of nitrogens with one attached hydrogen (secondary N) is 1. The molecule has 0 spiro atoms. The first-order valence-electron chi connectivity index (χ1n) is 6.13. The van der Waals surface area contributed by atoms with Crippen molar-refractivity contribution in [2.75, 3.05) is 6.61 Å². The molecule has 3 nitrogen and oxygen atoms in total. The molecule has 0 aliphatic carbocycles. The lowest BCUT2D eigenvalue weighted by Gasteiger charge is -2.11. The lowest BCUT2D eigenvalue weighted by Crippen LogP contribution is -2.30. The number of aryl methyl sites for hydroxylation is 1. The highest BCUT2D eigenvalue weighted by molar-refractivity contribution is 5.76. The van der Waals surface area contributed by atoms with Crippen LogP contribution >= 0.6 is 0 Å². The van der Waals surface area contributed by atoms with Crippen LogP contribution in [0.4, 0.5) is 0 Å². The maximum atomic E-state index is 11.5. The van der Waals surface area contributed by atoms with E-state index in [0.29, 0.717) is 19.4 Å². The van der Waals surface area contributed by atoms with Crippen LogP contribution in [0, 0.1) is 0 Å². The van der Waals surface area contributed by atoms with Crippen LogP contribution in [0.25, 0.3) is 0 Å². The highest BCUT2D eigenvalue weighted by Crippen LogP contribution is 2.19. The van der Waals surface area contributed by atoms with Gasteiger partial charge in [-0.15, -0.1) is 0 Å². The van der Waals surface area contributed by atoms with Gasteiger partial charge >= 0.3 is 0 Å². The summed E-state index contributed by atoms with van der Waals surface area (Å²) in [7, 11) is 0. The molecular formula is C14H21NO2. The molecule has 0 atom stereocenters. The zero-order valence-corrected chi connectivity index (χ0v) is 10.8. The molecule has 0 saturated heterocycles. The monoisotopic (exact) mass is 235 g/mol. The van der Waals surface area contributed by atoms with Crippen LogP contribution in [0.5, 0.6) is 5.75 Å². The van der Waals surface area contributed by atoms with E-state index in [0.717, 1.165) is 11.3 Å². The summed E-state index contributed by atoms with van der Waals surface area (Å²) in [6.45, 7) is 6.54. The van der Waals surface area contributed by atoms with E-state index in [4.69, 9.17) is 4.74 Å². The number of benzene rings is 1. The van der Waals surface area contributed by atoms with Gasteiger partial charge in [-0.3, -0.25) is 4.79 Å². The number of ether oxygens (including phenoxy) is 1. The second-order valence-electron chi connectivity index (χ2n) is 4.26. The van der Waals surface area contributed by atoms with Gasteiger partial charge in [-0.1, -0.05) is 18.2 Å². The van der Waals surface area contributed by atoms with Gasteiger partial charge in [0.05, 0.1) is 6.61 Å². The Morgan fingerprint density at radius 3 is 2.71 bits per heavy atom. The van der Waals surface area contributed by atoms with E-state index in [1.165, 1.54) is 0 Å². The number of carbonyl (C=O) groups excluding carboxylic acids is 1. The van der Waals surface area contributed by atoms with Gasteiger partial charge in [0.1, 0.15) is 5.75 Å². The molecule has 17 heavy (non-hydrogen) atoms. The Kier molecular flexibility index (Phi) is 5.53. The number of hydrogen-bond donors (Lipinski definition) is 1. The highest BCUT2D eigenvalue weighted by Gasteiger charge is 2.07. The SMILES string of the molecule is CCOc1ccccc1CCC(=O)NC(C)C. The number of carbonyl (C=O) groups is 1. The lowest BCUT2D eigenvalue weighted by molar-refractivity contribution is -0.121. The van der Waals surface area contributed by atoms with E-state index in [1.54, 1.807) is 0 Å². The van der Waals surface area contributed by atoms with E-state index in [9.17, 15) is 4.79 Å². The minimum atomic E-state index is 0.0892. The molecule has 0 aliphatic heterocycles. The van der Waals surface area contributed by atoms with Crippen LogP contribution in [0.2, 0.25) is 0 Å². The lowest BCUT2D eigenvalue weighted by atomic mass is 10.1. The molecule has 94 valence electrons. The van der Waals surface area contributed by atoms with Gasteiger partial charge in [-0.05, 0) is 38.8 Å². The number of amides is 1. The maximum Gasteiger partial charge on any atom is 0.220 e. The summed E-state index contributed by atoms with van der Waals surface area (Å²) in [5, 5.41) is 2.88. The molecular weight excluding hydrogens is 214 g/mol. The van der Waals surface area contributed by atoms with Crippen molar-refractivity contribution in [1.82, 2.24) is 5.32 Å². The van der Waals surface area contributed by atoms with Gasteiger partial charge < -0.3 is 10.1 Å². The quantitative estimate of drug-likeness (QED) is 0.823. The smallest absolute Gasteiger partial charge is 0.220 e. The third-order valence-corrected chi connectivity index (χ3v) is 2.34. The van der Waals surface area contributed by atoms with Crippen molar-refractivity contribution in [2.45, 2.75) is 39.7 Å². The Morgan fingerprint density at radius 1 is 1.35 bits per heavy atom. The van der Waals surface area contributed by atoms with Crippen molar-refractivity contribution in [2.24, 2.45) is 0 Å². The van der Waals surface area contributed by atoms with Crippen molar-refractivity contribution >= 4 is 5.91 Å². The van der Waals surface area contributed by atoms with Crippen LogP contribution < -0.4 is 10.1 Å². The number of para-hydroxylation sites is 1. The fourth-order valence-corrected chi connectivity index (χ4v) is 1.65. The van der Waals surface area contributed by atoms with Gasteiger partial charge in [-0.2, -0.15) is 0 Å². The molecule has 3 heteroatoms. The van der Waals surface area contributed by atoms with E-state index in [1.807, 2.05) is 45.0 Å².